The molecule has 3 aromatic carbocycles. The fourth-order valence-electron chi connectivity index (χ4n) is 6.56. The molecule has 4 aliphatic heterocycles. The number of methoxy groups -OCH3 is 2. The molecule has 4 heterocycles. The van der Waals surface area contributed by atoms with Crippen molar-refractivity contribution < 1.29 is 82.9 Å². The predicted molar refractivity (Wildman–Crippen MR) is 163 cm³/mol. The van der Waals surface area contributed by atoms with Gasteiger partial charge in [0.1, 0.15) is 59.6 Å². The number of ether oxygens (including phenoxy) is 8. The van der Waals surface area contributed by atoms with Gasteiger partial charge in [-0.25, -0.2) is 14.4 Å². The van der Waals surface area contributed by atoms with Crippen LogP contribution in [-0.2, 0) is 38.9 Å². The van der Waals surface area contributed by atoms with Gasteiger partial charge in [-0.3, -0.25) is 0 Å². The fourth-order valence-corrected chi connectivity index (χ4v) is 6.56. The zero-order chi connectivity index (χ0) is 36.4. The van der Waals surface area contributed by atoms with Gasteiger partial charge in [0.25, 0.3) is 0 Å². The highest BCUT2D eigenvalue weighted by Crippen LogP contribution is 2.57. The van der Waals surface area contributed by atoms with E-state index in [-0.39, 0.29) is 28.6 Å². The molecule has 4 aliphatic rings. The molecule has 2 saturated heterocycles. The summed E-state index contributed by atoms with van der Waals surface area (Å²) in [5.74, 6) is -2.43. The van der Waals surface area contributed by atoms with E-state index in [1.807, 2.05) is 0 Å². The number of aliphatic hydroxyl groups is 6. The molecule has 6 N–H and O–H groups in total. The molecular weight excluding hydrogens is 680 g/mol. The van der Waals surface area contributed by atoms with E-state index in [0.29, 0.717) is 16.7 Å². The van der Waals surface area contributed by atoms with Gasteiger partial charge in [0, 0.05) is 28.8 Å². The van der Waals surface area contributed by atoms with Crippen molar-refractivity contribution in [1.29, 1.82) is 0 Å². The van der Waals surface area contributed by atoms with Gasteiger partial charge in [0.15, 0.2) is 17.8 Å². The van der Waals surface area contributed by atoms with E-state index in [2.05, 4.69) is 9.47 Å². The lowest BCUT2D eigenvalue weighted by molar-refractivity contribution is -0.271. The Morgan fingerprint density at radius 3 is 1.57 bits per heavy atom. The molecule has 0 aromatic heterocycles. The monoisotopic (exact) mass is 712 g/mol. The number of hydrogen-bond donors (Lipinski definition) is 6. The second kappa shape index (κ2) is 13.0. The molecule has 0 aliphatic carbocycles. The number of esters is 3. The van der Waals surface area contributed by atoms with Crippen LogP contribution in [0.4, 0.5) is 0 Å². The van der Waals surface area contributed by atoms with Crippen LogP contribution < -0.4 is 14.2 Å². The Morgan fingerprint density at radius 1 is 0.627 bits per heavy atom. The quantitative estimate of drug-likeness (QED) is 0.132. The first-order valence-electron chi connectivity index (χ1n) is 15.6. The average molecular weight is 713 g/mol. The molecule has 2 fully saturated rings. The normalized spacial score (nSPS) is 33.5. The second-order valence-electron chi connectivity index (χ2n) is 12.1. The number of carbonyl (C=O) groups is 3. The summed E-state index contributed by atoms with van der Waals surface area (Å²) in [5, 5.41) is 62.5. The molecule has 17 heteroatoms. The molecule has 17 nitrogen and oxygen atoms in total. The highest BCUT2D eigenvalue weighted by Gasteiger charge is 2.54. The van der Waals surface area contributed by atoms with Gasteiger partial charge in [-0.15, -0.1) is 0 Å². The standard InChI is InChI=1S/C34H32O17/c1-44-30(42)27-23(37)21(35)25(39)32(49-27)46-13-7-9-17-19(11-13)48-20-12-14(47-33-26(40)22(36)24(38)28(50-33)31(43)45-2)8-10-18(20)34(17)16-6-4-3-5-15(16)29(41)51-34/h3-12,21-28,32-33,35-40H,1-2H3/t21-,22?,23+,24-,25?,26?,27?,28?,32-,33+,34?/m1/s1. The van der Waals surface area contributed by atoms with E-state index in [9.17, 15) is 45.0 Å². The Hall–Kier alpha value is -4.85. The van der Waals surface area contributed by atoms with Gasteiger partial charge in [-0.05, 0) is 30.3 Å². The van der Waals surface area contributed by atoms with Gasteiger partial charge in [-0.2, -0.15) is 0 Å². The van der Waals surface area contributed by atoms with Crippen LogP contribution in [0.2, 0.25) is 0 Å². The minimum absolute atomic E-state index is 0.00810. The third-order valence-corrected chi connectivity index (χ3v) is 9.17. The Labute approximate surface area is 288 Å². The lowest BCUT2D eigenvalue weighted by Crippen LogP contribution is -2.61. The molecule has 6 unspecified atom stereocenters. The summed E-state index contributed by atoms with van der Waals surface area (Å²) in [5.41, 5.74) is -0.0479. The molecule has 3 aromatic rings. The molecule has 1 spiro atoms. The Morgan fingerprint density at radius 2 is 1.10 bits per heavy atom. The second-order valence-corrected chi connectivity index (χ2v) is 12.1. The lowest BCUT2D eigenvalue weighted by atomic mass is 9.77. The van der Waals surface area contributed by atoms with E-state index < -0.39 is 84.9 Å². The summed E-state index contributed by atoms with van der Waals surface area (Å²) in [7, 11) is 2.11. The Balaban J connectivity index is 1.25. The molecule has 7 rings (SSSR count). The summed E-state index contributed by atoms with van der Waals surface area (Å²) >= 11 is 0. The molecule has 270 valence electrons. The molecule has 0 bridgehead atoms. The van der Waals surface area contributed by atoms with Gasteiger partial charge in [-0.1, -0.05) is 18.2 Å². The average Bonchev–Trinajstić information content (AvgIpc) is 3.43. The number of hydrogen-bond acceptors (Lipinski definition) is 17. The third-order valence-electron chi connectivity index (χ3n) is 9.17. The number of carbonyl (C=O) groups excluding carboxylic acids is 3. The number of fused-ring (bicyclic) bond motifs is 6. The summed E-state index contributed by atoms with van der Waals surface area (Å²) in [6.45, 7) is 0. The molecule has 51 heavy (non-hydrogen) atoms. The van der Waals surface area contributed by atoms with Crippen LogP contribution >= 0.6 is 0 Å². The Kier molecular flexibility index (Phi) is 8.85. The maximum absolute atomic E-state index is 13.3. The van der Waals surface area contributed by atoms with Crippen molar-refractivity contribution in [3.8, 4) is 23.0 Å². The molecule has 0 radical (unpaired) electrons. The van der Waals surface area contributed by atoms with Crippen LogP contribution in [0.1, 0.15) is 27.0 Å². The topological polar surface area (TPSA) is 246 Å². The van der Waals surface area contributed by atoms with Crippen LogP contribution in [0.5, 0.6) is 23.0 Å². The third kappa shape index (κ3) is 5.54. The van der Waals surface area contributed by atoms with Crippen molar-refractivity contribution in [1.82, 2.24) is 0 Å². The lowest BCUT2D eigenvalue weighted by Gasteiger charge is -2.40. The number of benzene rings is 3. The first-order chi connectivity index (χ1) is 24.4. The smallest absolute Gasteiger partial charge is 0.340 e. The number of aliphatic hydroxyl groups excluding tert-OH is 6. The van der Waals surface area contributed by atoms with E-state index in [0.717, 1.165) is 14.2 Å². The van der Waals surface area contributed by atoms with Crippen LogP contribution in [0, 0.1) is 0 Å². The molecule has 11 atom stereocenters. The summed E-state index contributed by atoms with van der Waals surface area (Å²) in [6.07, 6.45) is -17.5. The fraction of sp³-hybridized carbons (Fsp3) is 0.382. The zero-order valence-corrected chi connectivity index (χ0v) is 26.7. The summed E-state index contributed by atoms with van der Waals surface area (Å²) in [4.78, 5) is 37.6. The van der Waals surface area contributed by atoms with Crippen LogP contribution in [0.3, 0.4) is 0 Å². The van der Waals surface area contributed by atoms with Gasteiger partial charge >= 0.3 is 17.9 Å². The minimum Gasteiger partial charge on any atom is -0.467 e. The van der Waals surface area contributed by atoms with E-state index >= 15 is 0 Å². The molecular formula is C34H32O17. The van der Waals surface area contributed by atoms with Crippen molar-refractivity contribution in [2.75, 3.05) is 14.2 Å². The maximum atomic E-state index is 13.3. The van der Waals surface area contributed by atoms with Crippen molar-refractivity contribution >= 4 is 17.9 Å². The highest BCUT2D eigenvalue weighted by molar-refractivity contribution is 5.97. The number of rotatable bonds is 6. The molecule has 0 amide bonds. The summed E-state index contributed by atoms with van der Waals surface area (Å²) in [6, 6.07) is 15.5. The van der Waals surface area contributed by atoms with Crippen LogP contribution in [-0.4, -0.2) is 124 Å². The van der Waals surface area contributed by atoms with Gasteiger partial charge < -0.3 is 68.5 Å². The SMILES string of the molecule is COC(=O)C1O[C@H](Oc2ccc3c(c2)Oc2cc(O[C@@H]4OC(C(=O)OC)[C@@H](O)[C@@H](O)C4O)ccc2C32OC(=O)c3ccccc32)C(O)C(O)[C@H]1O. The van der Waals surface area contributed by atoms with Crippen molar-refractivity contribution in [2.45, 2.75) is 67.0 Å². The largest absolute Gasteiger partial charge is 0.467 e. The zero-order valence-electron chi connectivity index (χ0n) is 26.7. The van der Waals surface area contributed by atoms with Crippen molar-refractivity contribution in [2.24, 2.45) is 0 Å². The first-order valence-corrected chi connectivity index (χ1v) is 15.6. The summed E-state index contributed by atoms with van der Waals surface area (Å²) < 4.78 is 44.2. The Bertz CT molecular complexity index is 1760. The van der Waals surface area contributed by atoms with Crippen LogP contribution in [0.25, 0.3) is 0 Å². The van der Waals surface area contributed by atoms with Gasteiger partial charge in [0.2, 0.25) is 12.6 Å². The highest BCUT2D eigenvalue weighted by atomic mass is 16.7. The van der Waals surface area contributed by atoms with E-state index in [4.69, 9.17) is 28.4 Å². The maximum Gasteiger partial charge on any atom is 0.340 e. The molecule has 0 saturated carbocycles. The van der Waals surface area contributed by atoms with Crippen molar-refractivity contribution in [3.63, 3.8) is 0 Å². The van der Waals surface area contributed by atoms with Gasteiger partial charge in [0.05, 0.1) is 19.8 Å². The van der Waals surface area contributed by atoms with Crippen molar-refractivity contribution in [3.05, 3.63) is 82.9 Å². The van der Waals surface area contributed by atoms with E-state index in [1.54, 1.807) is 36.4 Å². The van der Waals surface area contributed by atoms with Crippen LogP contribution in [0.15, 0.2) is 60.7 Å². The van der Waals surface area contributed by atoms with E-state index in [1.165, 1.54) is 24.3 Å². The minimum atomic E-state index is -1.83. The predicted octanol–water partition coefficient (Wildman–Crippen LogP) is -1.03. The first kappa shape index (κ1) is 34.6.